The number of ether oxygens (including phenoxy) is 2. The molecule has 1 N–H and O–H groups in total. The van der Waals surface area contributed by atoms with Gasteiger partial charge in [0.2, 0.25) is 0 Å². The second kappa shape index (κ2) is 9.31. The van der Waals surface area contributed by atoms with Gasteiger partial charge in [0, 0.05) is 36.5 Å². The first-order valence-corrected chi connectivity index (χ1v) is 10.3. The van der Waals surface area contributed by atoms with Crippen molar-refractivity contribution in [1.29, 1.82) is 5.26 Å². The Bertz CT molecular complexity index is 1310. The predicted octanol–water partition coefficient (Wildman–Crippen LogP) is 4.81. The van der Waals surface area contributed by atoms with E-state index in [1.165, 1.54) is 22.9 Å². The van der Waals surface area contributed by atoms with Crippen molar-refractivity contribution in [2.24, 2.45) is 7.05 Å². The molecule has 7 nitrogen and oxygen atoms in total. The first-order valence-electron chi connectivity index (χ1n) is 10.3. The Hall–Kier alpha value is -4.26. The van der Waals surface area contributed by atoms with Crippen molar-refractivity contribution in [3.05, 3.63) is 65.4 Å². The second-order valence-corrected chi connectivity index (χ2v) is 7.52. The van der Waals surface area contributed by atoms with E-state index in [1.54, 1.807) is 37.5 Å². The number of aryl methyl sites for hydroxylation is 1. The SMILES string of the molecule is Cn1cc(/C=C(\C#N)C(=O)Nc2cccc(C(F)(F)F)c2)c(-c2ccc3c(c2)OCCCO3)n1. The van der Waals surface area contributed by atoms with E-state index in [1.807, 2.05) is 0 Å². The highest BCUT2D eigenvalue weighted by molar-refractivity contribution is 6.10. The van der Waals surface area contributed by atoms with Gasteiger partial charge in [0.1, 0.15) is 11.6 Å². The third-order valence-corrected chi connectivity index (χ3v) is 4.99. The number of nitriles is 1. The lowest BCUT2D eigenvalue weighted by Gasteiger charge is -2.10. The van der Waals surface area contributed by atoms with Crippen LogP contribution in [0.4, 0.5) is 18.9 Å². The molecule has 2 aromatic carbocycles. The Morgan fingerprint density at radius 2 is 1.94 bits per heavy atom. The number of anilines is 1. The van der Waals surface area contributed by atoms with Gasteiger partial charge in [0.25, 0.3) is 5.91 Å². The summed E-state index contributed by atoms with van der Waals surface area (Å²) < 4.78 is 51.8. The largest absolute Gasteiger partial charge is 0.490 e. The molecule has 10 heteroatoms. The zero-order chi connectivity index (χ0) is 24.3. The van der Waals surface area contributed by atoms with Crippen molar-refractivity contribution < 1.29 is 27.4 Å². The van der Waals surface area contributed by atoms with Crippen LogP contribution < -0.4 is 14.8 Å². The lowest BCUT2D eigenvalue weighted by molar-refractivity contribution is -0.137. The van der Waals surface area contributed by atoms with Crippen molar-refractivity contribution in [1.82, 2.24) is 9.78 Å². The van der Waals surface area contributed by atoms with Crippen LogP contribution in [-0.4, -0.2) is 28.9 Å². The Labute approximate surface area is 193 Å². The monoisotopic (exact) mass is 468 g/mol. The number of aromatic nitrogens is 2. The molecule has 0 bridgehead atoms. The molecule has 1 amide bonds. The molecule has 0 unspecified atom stereocenters. The Morgan fingerprint density at radius 3 is 2.68 bits per heavy atom. The molecule has 174 valence electrons. The standard InChI is InChI=1S/C24H19F3N4O3/c1-31-14-17(22(30-31)15-6-7-20-21(11-15)34-9-3-8-33-20)10-16(13-28)23(32)29-19-5-2-4-18(12-19)24(25,26)27/h2,4-7,10-12,14H,3,8-9H2,1H3,(H,29,32)/b16-10+. The zero-order valence-corrected chi connectivity index (χ0v) is 18.0. The van der Waals surface area contributed by atoms with Crippen LogP contribution in [0.15, 0.2) is 54.2 Å². The summed E-state index contributed by atoms with van der Waals surface area (Å²) in [6.45, 7) is 1.07. The van der Waals surface area contributed by atoms with E-state index in [4.69, 9.17) is 9.47 Å². The number of nitrogens with one attached hydrogen (secondary N) is 1. The number of carbonyl (C=O) groups excluding carboxylic acids is 1. The minimum Gasteiger partial charge on any atom is -0.490 e. The van der Waals surface area contributed by atoms with Gasteiger partial charge in [0.15, 0.2) is 11.5 Å². The molecular formula is C24H19F3N4O3. The summed E-state index contributed by atoms with van der Waals surface area (Å²) in [6, 6.07) is 11.3. The van der Waals surface area contributed by atoms with E-state index >= 15 is 0 Å². The first-order chi connectivity index (χ1) is 16.2. The summed E-state index contributed by atoms with van der Waals surface area (Å²) in [4.78, 5) is 12.6. The Balaban J connectivity index is 1.63. The second-order valence-electron chi connectivity index (χ2n) is 7.52. The molecule has 3 aromatic rings. The lowest BCUT2D eigenvalue weighted by atomic mass is 10.0. The van der Waals surface area contributed by atoms with Gasteiger partial charge in [0.05, 0.1) is 24.5 Å². The maximum Gasteiger partial charge on any atom is 0.416 e. The maximum atomic E-state index is 13.0. The van der Waals surface area contributed by atoms with Crippen LogP contribution >= 0.6 is 0 Å². The molecular weight excluding hydrogens is 449 g/mol. The van der Waals surface area contributed by atoms with Crippen LogP contribution in [0.25, 0.3) is 17.3 Å². The highest BCUT2D eigenvalue weighted by Gasteiger charge is 2.30. The normalized spacial score (nSPS) is 13.7. The average molecular weight is 468 g/mol. The average Bonchev–Trinajstić information content (AvgIpc) is 3.01. The molecule has 0 atom stereocenters. The van der Waals surface area contributed by atoms with Crippen molar-refractivity contribution >= 4 is 17.7 Å². The number of rotatable bonds is 4. The van der Waals surface area contributed by atoms with Crippen molar-refractivity contribution in [2.45, 2.75) is 12.6 Å². The van der Waals surface area contributed by atoms with Gasteiger partial charge in [-0.15, -0.1) is 0 Å². The molecule has 0 saturated heterocycles. The van der Waals surface area contributed by atoms with E-state index in [9.17, 15) is 23.2 Å². The van der Waals surface area contributed by atoms with Crippen molar-refractivity contribution in [2.75, 3.05) is 18.5 Å². The molecule has 0 saturated carbocycles. The van der Waals surface area contributed by atoms with E-state index in [2.05, 4.69) is 10.4 Å². The van der Waals surface area contributed by atoms with Crippen molar-refractivity contribution in [3.8, 4) is 28.8 Å². The number of halogens is 3. The number of nitrogens with zero attached hydrogens (tertiary/aromatic N) is 3. The molecule has 0 aliphatic carbocycles. The quantitative estimate of drug-likeness (QED) is 0.438. The number of hydrogen-bond donors (Lipinski definition) is 1. The zero-order valence-electron chi connectivity index (χ0n) is 18.0. The molecule has 1 aliphatic heterocycles. The Morgan fingerprint density at radius 1 is 1.18 bits per heavy atom. The Kier molecular flexibility index (Phi) is 6.27. The highest BCUT2D eigenvalue weighted by atomic mass is 19.4. The summed E-state index contributed by atoms with van der Waals surface area (Å²) in [5.74, 6) is 0.348. The highest BCUT2D eigenvalue weighted by Crippen LogP contribution is 2.35. The van der Waals surface area contributed by atoms with Crippen LogP contribution in [0, 0.1) is 11.3 Å². The van der Waals surface area contributed by atoms with Crippen LogP contribution in [0.3, 0.4) is 0 Å². The summed E-state index contributed by atoms with van der Waals surface area (Å²) in [7, 11) is 1.69. The van der Waals surface area contributed by atoms with Crippen LogP contribution in [0.5, 0.6) is 11.5 Å². The summed E-state index contributed by atoms with van der Waals surface area (Å²) >= 11 is 0. The van der Waals surface area contributed by atoms with Crippen LogP contribution in [-0.2, 0) is 18.0 Å². The first kappa shape index (κ1) is 22.9. The van der Waals surface area contributed by atoms with Gasteiger partial charge >= 0.3 is 6.18 Å². The number of alkyl halides is 3. The minimum atomic E-state index is -4.55. The minimum absolute atomic E-state index is 0.0738. The molecule has 34 heavy (non-hydrogen) atoms. The van der Waals surface area contributed by atoms with Gasteiger partial charge in [-0.2, -0.15) is 23.5 Å². The molecule has 0 radical (unpaired) electrons. The van der Waals surface area contributed by atoms with Crippen LogP contribution in [0.2, 0.25) is 0 Å². The fourth-order valence-corrected chi connectivity index (χ4v) is 3.42. The van der Waals surface area contributed by atoms with E-state index in [0.29, 0.717) is 41.5 Å². The predicted molar refractivity (Wildman–Crippen MR) is 118 cm³/mol. The smallest absolute Gasteiger partial charge is 0.416 e. The summed E-state index contributed by atoms with van der Waals surface area (Å²) in [5.41, 5.74) is 0.394. The molecule has 0 fully saturated rings. The maximum absolute atomic E-state index is 13.0. The van der Waals surface area contributed by atoms with Crippen molar-refractivity contribution in [3.63, 3.8) is 0 Å². The summed E-state index contributed by atoms with van der Waals surface area (Å²) in [6.07, 6.45) is -0.822. The lowest BCUT2D eigenvalue weighted by Crippen LogP contribution is -2.14. The fraction of sp³-hybridized carbons (Fsp3) is 0.208. The number of benzene rings is 2. The van der Waals surface area contributed by atoms with Crippen LogP contribution in [0.1, 0.15) is 17.5 Å². The molecule has 1 aliphatic rings. The summed E-state index contributed by atoms with van der Waals surface area (Å²) in [5, 5.41) is 16.3. The van der Waals surface area contributed by atoms with Gasteiger partial charge in [-0.05, 0) is 42.5 Å². The number of fused-ring (bicyclic) bond motifs is 1. The third-order valence-electron chi connectivity index (χ3n) is 4.99. The molecule has 0 spiro atoms. The van der Waals surface area contributed by atoms with E-state index in [-0.39, 0.29) is 11.3 Å². The topological polar surface area (TPSA) is 89.2 Å². The van der Waals surface area contributed by atoms with Gasteiger partial charge in [-0.1, -0.05) is 6.07 Å². The molecule has 1 aromatic heterocycles. The van der Waals surface area contributed by atoms with Gasteiger partial charge in [-0.3, -0.25) is 9.48 Å². The van der Waals surface area contributed by atoms with Gasteiger partial charge in [-0.25, -0.2) is 0 Å². The number of carbonyl (C=O) groups is 1. The number of hydrogen-bond acceptors (Lipinski definition) is 5. The third kappa shape index (κ3) is 5.04. The molecule has 2 heterocycles. The number of amides is 1. The van der Waals surface area contributed by atoms with Gasteiger partial charge < -0.3 is 14.8 Å². The van der Waals surface area contributed by atoms with E-state index in [0.717, 1.165) is 18.6 Å². The molecule has 4 rings (SSSR count). The fourth-order valence-electron chi connectivity index (χ4n) is 3.42. The van der Waals surface area contributed by atoms with E-state index < -0.39 is 17.6 Å².